The molecule has 0 aliphatic carbocycles. The maximum absolute atomic E-state index is 13.0. The molecule has 1 aliphatic heterocycles. The third kappa shape index (κ3) is 4.56. The van der Waals surface area contributed by atoms with Crippen molar-refractivity contribution < 1.29 is 24.5 Å². The highest BCUT2D eigenvalue weighted by atomic mass is 16.5. The molecule has 0 aromatic heterocycles. The van der Waals surface area contributed by atoms with Gasteiger partial charge in [0.05, 0.1) is 24.3 Å². The standard InChI is InChI=1S/C24H28N2O5/c1-15-6-8-16(9-7-15)21-20(22(28)18-11-10-17(31-4)14-19(18)27)23(29)24(30)26(21)13-5-12-25(2)3/h6-11,14,21,27-28H,5,12-13H2,1-4H3/t21-/m0/s1. The van der Waals surface area contributed by atoms with Crippen LogP contribution in [0.3, 0.4) is 0 Å². The first-order valence-electron chi connectivity index (χ1n) is 10.1. The first-order valence-corrected chi connectivity index (χ1v) is 10.1. The van der Waals surface area contributed by atoms with Crippen molar-refractivity contribution >= 4 is 17.4 Å². The van der Waals surface area contributed by atoms with Crippen LogP contribution in [-0.2, 0) is 9.59 Å². The van der Waals surface area contributed by atoms with E-state index < -0.39 is 23.5 Å². The van der Waals surface area contributed by atoms with E-state index in [-0.39, 0.29) is 16.9 Å². The number of benzene rings is 2. The molecule has 7 nitrogen and oxygen atoms in total. The van der Waals surface area contributed by atoms with Gasteiger partial charge in [0.2, 0.25) is 0 Å². The van der Waals surface area contributed by atoms with Crippen LogP contribution in [0.25, 0.3) is 5.76 Å². The Morgan fingerprint density at radius 3 is 2.39 bits per heavy atom. The summed E-state index contributed by atoms with van der Waals surface area (Å²) in [6.07, 6.45) is 0.677. The highest BCUT2D eigenvalue weighted by molar-refractivity contribution is 6.46. The molecule has 2 aromatic carbocycles. The largest absolute Gasteiger partial charge is 0.507 e. The quantitative estimate of drug-likeness (QED) is 0.403. The molecule has 1 amide bonds. The molecule has 1 atom stereocenters. The highest BCUT2D eigenvalue weighted by Crippen LogP contribution is 2.41. The SMILES string of the molecule is COc1ccc(C(O)=C2C(=O)C(=O)N(CCCN(C)C)[C@H]2c2ccc(C)cc2)c(O)c1. The molecule has 0 spiro atoms. The Balaban J connectivity index is 2.11. The van der Waals surface area contributed by atoms with Gasteiger partial charge in [-0.1, -0.05) is 29.8 Å². The number of rotatable bonds is 7. The molecule has 2 N–H and O–H groups in total. The lowest BCUT2D eigenvalue weighted by Gasteiger charge is -2.26. The maximum Gasteiger partial charge on any atom is 0.295 e. The number of aliphatic hydroxyl groups excluding tert-OH is 1. The van der Waals surface area contributed by atoms with E-state index in [2.05, 4.69) is 0 Å². The molecule has 1 fully saturated rings. The second-order valence-corrected chi connectivity index (χ2v) is 7.94. The van der Waals surface area contributed by atoms with Crippen LogP contribution in [0.5, 0.6) is 11.5 Å². The van der Waals surface area contributed by atoms with E-state index in [4.69, 9.17) is 4.74 Å². The van der Waals surface area contributed by atoms with Gasteiger partial charge in [-0.05, 0) is 51.7 Å². The topological polar surface area (TPSA) is 90.3 Å². The van der Waals surface area contributed by atoms with Gasteiger partial charge in [0.1, 0.15) is 17.3 Å². The Kier molecular flexibility index (Phi) is 6.65. The molecular formula is C24H28N2O5. The number of ketones is 1. The predicted molar refractivity (Wildman–Crippen MR) is 118 cm³/mol. The number of phenols is 1. The van der Waals surface area contributed by atoms with Crippen molar-refractivity contribution in [3.05, 3.63) is 64.7 Å². The molecule has 1 heterocycles. The van der Waals surface area contributed by atoms with Crippen molar-refractivity contribution in [2.45, 2.75) is 19.4 Å². The highest BCUT2D eigenvalue weighted by Gasteiger charge is 2.46. The molecule has 1 aliphatic rings. The Bertz CT molecular complexity index is 1010. The average molecular weight is 424 g/mol. The zero-order valence-electron chi connectivity index (χ0n) is 18.3. The zero-order valence-corrected chi connectivity index (χ0v) is 18.3. The van der Waals surface area contributed by atoms with Crippen LogP contribution in [0.15, 0.2) is 48.0 Å². The molecule has 0 unspecified atom stereocenters. The minimum absolute atomic E-state index is 0.0285. The molecule has 31 heavy (non-hydrogen) atoms. The van der Waals surface area contributed by atoms with Gasteiger partial charge in [0.15, 0.2) is 0 Å². The van der Waals surface area contributed by atoms with E-state index in [1.54, 1.807) is 6.07 Å². The monoisotopic (exact) mass is 424 g/mol. The Hall–Kier alpha value is -3.32. The van der Waals surface area contributed by atoms with Gasteiger partial charge >= 0.3 is 0 Å². The van der Waals surface area contributed by atoms with Crippen LogP contribution >= 0.6 is 0 Å². The minimum Gasteiger partial charge on any atom is -0.507 e. The number of ether oxygens (including phenoxy) is 1. The van der Waals surface area contributed by atoms with E-state index in [0.29, 0.717) is 18.7 Å². The number of Topliss-reactive ketones (excluding diaryl/α,β-unsaturated/α-hetero) is 1. The average Bonchev–Trinajstić information content (AvgIpc) is 2.98. The number of hydrogen-bond donors (Lipinski definition) is 2. The molecule has 2 aromatic rings. The van der Waals surface area contributed by atoms with Crippen molar-refractivity contribution in [3.8, 4) is 11.5 Å². The minimum atomic E-state index is -0.761. The van der Waals surface area contributed by atoms with Crippen LogP contribution in [-0.4, -0.2) is 66.0 Å². The second kappa shape index (κ2) is 9.22. The fourth-order valence-electron chi connectivity index (χ4n) is 3.75. The summed E-state index contributed by atoms with van der Waals surface area (Å²) in [5, 5.41) is 21.4. The molecule has 0 saturated carbocycles. The smallest absolute Gasteiger partial charge is 0.295 e. The van der Waals surface area contributed by atoms with Gasteiger partial charge in [-0.15, -0.1) is 0 Å². The Labute approximate surface area is 182 Å². The van der Waals surface area contributed by atoms with Crippen molar-refractivity contribution in [3.63, 3.8) is 0 Å². The van der Waals surface area contributed by atoms with Crippen LogP contribution in [0.2, 0.25) is 0 Å². The first-order chi connectivity index (χ1) is 14.7. The number of hydrogen-bond acceptors (Lipinski definition) is 6. The van der Waals surface area contributed by atoms with E-state index in [9.17, 15) is 19.8 Å². The summed E-state index contributed by atoms with van der Waals surface area (Å²) in [6, 6.07) is 11.2. The van der Waals surface area contributed by atoms with E-state index in [0.717, 1.165) is 17.7 Å². The lowest BCUT2D eigenvalue weighted by molar-refractivity contribution is -0.139. The van der Waals surface area contributed by atoms with Crippen LogP contribution in [0.1, 0.15) is 29.2 Å². The second-order valence-electron chi connectivity index (χ2n) is 7.94. The van der Waals surface area contributed by atoms with Crippen molar-refractivity contribution in [1.29, 1.82) is 0 Å². The van der Waals surface area contributed by atoms with E-state index in [1.807, 2.05) is 50.2 Å². The summed E-state index contributed by atoms with van der Waals surface area (Å²) in [7, 11) is 5.35. The number of aromatic hydroxyl groups is 1. The van der Waals surface area contributed by atoms with Gasteiger partial charge in [0.25, 0.3) is 11.7 Å². The molecule has 3 rings (SSSR count). The summed E-state index contributed by atoms with van der Waals surface area (Å²) < 4.78 is 5.08. The number of methoxy groups -OCH3 is 1. The predicted octanol–water partition coefficient (Wildman–Crippen LogP) is 3.08. The van der Waals surface area contributed by atoms with E-state index in [1.165, 1.54) is 24.1 Å². The Morgan fingerprint density at radius 2 is 1.81 bits per heavy atom. The van der Waals surface area contributed by atoms with Gasteiger partial charge < -0.3 is 24.7 Å². The van der Waals surface area contributed by atoms with Crippen LogP contribution in [0, 0.1) is 6.92 Å². The number of phenolic OH excluding ortho intramolecular Hbond substituents is 1. The number of aryl methyl sites for hydroxylation is 1. The molecular weight excluding hydrogens is 396 g/mol. The Morgan fingerprint density at radius 1 is 1.13 bits per heavy atom. The number of amides is 1. The molecule has 1 saturated heterocycles. The van der Waals surface area contributed by atoms with Crippen molar-refractivity contribution in [1.82, 2.24) is 9.80 Å². The molecule has 164 valence electrons. The molecule has 0 bridgehead atoms. The number of nitrogens with zero attached hydrogens (tertiary/aromatic N) is 2. The third-order valence-electron chi connectivity index (χ3n) is 5.40. The fourth-order valence-corrected chi connectivity index (χ4v) is 3.75. The lowest BCUT2D eigenvalue weighted by atomic mass is 9.94. The summed E-state index contributed by atoms with van der Waals surface area (Å²) in [5.74, 6) is -1.65. The normalized spacial score (nSPS) is 18.1. The number of carbonyl (C=O) groups excluding carboxylic acids is 2. The van der Waals surface area contributed by atoms with Gasteiger partial charge in [-0.2, -0.15) is 0 Å². The lowest BCUT2D eigenvalue weighted by Crippen LogP contribution is -2.32. The maximum atomic E-state index is 13.0. The first kappa shape index (κ1) is 22.4. The number of likely N-dealkylation sites (tertiary alicyclic amines) is 1. The zero-order chi connectivity index (χ0) is 22.7. The summed E-state index contributed by atoms with van der Waals surface area (Å²) in [5.41, 5.74) is 1.81. The summed E-state index contributed by atoms with van der Waals surface area (Å²) in [4.78, 5) is 29.4. The summed E-state index contributed by atoms with van der Waals surface area (Å²) in [6.45, 7) is 3.07. The van der Waals surface area contributed by atoms with E-state index >= 15 is 0 Å². The molecule has 0 radical (unpaired) electrons. The van der Waals surface area contributed by atoms with Crippen LogP contribution < -0.4 is 4.74 Å². The van der Waals surface area contributed by atoms with Crippen molar-refractivity contribution in [2.24, 2.45) is 0 Å². The van der Waals surface area contributed by atoms with Gasteiger partial charge in [-0.3, -0.25) is 9.59 Å². The summed E-state index contributed by atoms with van der Waals surface area (Å²) >= 11 is 0. The fraction of sp³-hybridized carbons (Fsp3) is 0.333. The number of carbonyl (C=O) groups is 2. The number of aliphatic hydroxyl groups is 1. The van der Waals surface area contributed by atoms with Crippen molar-refractivity contribution in [2.75, 3.05) is 34.3 Å². The third-order valence-corrected chi connectivity index (χ3v) is 5.40. The van der Waals surface area contributed by atoms with Gasteiger partial charge in [0, 0.05) is 12.6 Å². The molecule has 7 heteroatoms. The van der Waals surface area contributed by atoms with Crippen LogP contribution in [0.4, 0.5) is 0 Å². The van der Waals surface area contributed by atoms with Gasteiger partial charge in [-0.25, -0.2) is 0 Å².